The Morgan fingerprint density at radius 3 is 2.57 bits per heavy atom. The van der Waals surface area contributed by atoms with Crippen molar-refractivity contribution in [1.82, 2.24) is 9.55 Å². The molecule has 3 aromatic carbocycles. The van der Waals surface area contributed by atoms with Crippen LogP contribution >= 0.6 is 0 Å². The molecule has 0 bridgehead atoms. The number of para-hydroxylation sites is 4. The van der Waals surface area contributed by atoms with Gasteiger partial charge < -0.3 is 14.4 Å². The molecule has 3 heterocycles. The van der Waals surface area contributed by atoms with Gasteiger partial charge in [0, 0.05) is 36.8 Å². The molecule has 0 radical (unpaired) electrons. The van der Waals surface area contributed by atoms with Gasteiger partial charge in [-0.25, -0.2) is 4.98 Å². The van der Waals surface area contributed by atoms with Crippen LogP contribution in [0.15, 0.2) is 72.8 Å². The Morgan fingerprint density at radius 2 is 1.71 bits per heavy atom. The molecule has 1 atom stereocenters. The smallest absolute Gasteiger partial charge is 0.246 e. The molecule has 1 fully saturated rings. The summed E-state index contributed by atoms with van der Waals surface area (Å²) in [5.74, 6) is 0.894. The van der Waals surface area contributed by atoms with E-state index in [-0.39, 0.29) is 24.3 Å². The van der Waals surface area contributed by atoms with Crippen LogP contribution in [0.25, 0.3) is 11.0 Å². The number of benzene rings is 3. The molecule has 35 heavy (non-hydrogen) atoms. The van der Waals surface area contributed by atoms with Gasteiger partial charge in [-0.2, -0.15) is 0 Å². The number of anilines is 2. The highest BCUT2D eigenvalue weighted by Gasteiger charge is 2.36. The van der Waals surface area contributed by atoms with Gasteiger partial charge in [0.25, 0.3) is 0 Å². The van der Waals surface area contributed by atoms with E-state index in [2.05, 4.69) is 6.07 Å². The Morgan fingerprint density at radius 1 is 0.971 bits per heavy atom. The number of aryl methyl sites for hydroxylation is 2. The van der Waals surface area contributed by atoms with Gasteiger partial charge in [0.2, 0.25) is 11.8 Å². The number of rotatable bonds is 4. The van der Waals surface area contributed by atoms with Crippen molar-refractivity contribution >= 4 is 34.2 Å². The molecule has 1 aromatic heterocycles. The molecule has 0 N–H and O–H groups in total. The normalized spacial score (nSPS) is 17.7. The van der Waals surface area contributed by atoms with E-state index >= 15 is 0 Å². The molecule has 2 amide bonds. The van der Waals surface area contributed by atoms with Gasteiger partial charge in [0.05, 0.1) is 11.0 Å². The Balaban J connectivity index is 1.34. The monoisotopic (exact) mass is 464 g/mol. The average molecular weight is 465 g/mol. The number of imidazole rings is 1. The number of carbonyl (C=O) groups is 2. The summed E-state index contributed by atoms with van der Waals surface area (Å²) in [6.45, 7) is 3.52. The zero-order chi connectivity index (χ0) is 23.9. The number of aromatic nitrogens is 2. The number of nitrogens with zero attached hydrogens (tertiary/aromatic N) is 4. The standard InChI is InChI=1S/C29H28N4O2/c1-20-9-2-5-13-24(20)32-18-22(17-27(32)34)29-30-23-12-4-7-15-26(23)33(29)19-28(35)31-16-8-11-21-10-3-6-14-25(21)31/h2-7,9-10,12-15,22H,8,11,16-19H2,1H3. The molecule has 176 valence electrons. The summed E-state index contributed by atoms with van der Waals surface area (Å²) in [5.41, 5.74) is 6.05. The van der Waals surface area contributed by atoms with Crippen molar-refractivity contribution in [3.05, 3.63) is 89.7 Å². The minimum Gasteiger partial charge on any atom is -0.318 e. The van der Waals surface area contributed by atoms with Gasteiger partial charge in [0.15, 0.2) is 0 Å². The van der Waals surface area contributed by atoms with E-state index in [0.29, 0.717) is 13.0 Å². The summed E-state index contributed by atoms with van der Waals surface area (Å²) in [6, 6.07) is 24.1. The molecule has 2 aliphatic rings. The van der Waals surface area contributed by atoms with Crippen LogP contribution in [0, 0.1) is 6.92 Å². The Labute approximate surface area is 204 Å². The van der Waals surface area contributed by atoms with Crippen molar-refractivity contribution in [3.63, 3.8) is 0 Å². The van der Waals surface area contributed by atoms with Crippen molar-refractivity contribution < 1.29 is 9.59 Å². The van der Waals surface area contributed by atoms with Crippen molar-refractivity contribution in [2.45, 2.75) is 38.6 Å². The number of carbonyl (C=O) groups excluding carboxylic acids is 2. The Kier molecular flexibility index (Phi) is 5.36. The summed E-state index contributed by atoms with van der Waals surface area (Å²) < 4.78 is 2.04. The summed E-state index contributed by atoms with van der Waals surface area (Å²) >= 11 is 0. The highest BCUT2D eigenvalue weighted by molar-refractivity contribution is 5.98. The van der Waals surface area contributed by atoms with Crippen LogP contribution in [0.1, 0.15) is 35.7 Å². The number of fused-ring (bicyclic) bond motifs is 2. The summed E-state index contributed by atoms with van der Waals surface area (Å²) in [5, 5.41) is 0. The lowest BCUT2D eigenvalue weighted by Crippen LogP contribution is -2.38. The van der Waals surface area contributed by atoms with Crippen molar-refractivity contribution in [1.29, 1.82) is 0 Å². The van der Waals surface area contributed by atoms with Crippen molar-refractivity contribution in [2.75, 3.05) is 22.9 Å². The topological polar surface area (TPSA) is 58.4 Å². The first-order valence-electron chi connectivity index (χ1n) is 12.3. The molecule has 1 saturated heterocycles. The molecule has 0 aliphatic carbocycles. The number of hydrogen-bond donors (Lipinski definition) is 0. The second-order valence-electron chi connectivity index (χ2n) is 9.51. The maximum absolute atomic E-state index is 13.6. The first-order chi connectivity index (χ1) is 17.1. The van der Waals surface area contributed by atoms with Crippen LogP contribution in [0.2, 0.25) is 0 Å². The molecule has 1 unspecified atom stereocenters. The zero-order valence-corrected chi connectivity index (χ0v) is 19.9. The molecular formula is C29H28N4O2. The molecule has 2 aliphatic heterocycles. The van der Waals surface area contributed by atoms with Crippen molar-refractivity contribution in [2.24, 2.45) is 0 Å². The van der Waals surface area contributed by atoms with Crippen LogP contribution in [-0.2, 0) is 22.6 Å². The largest absolute Gasteiger partial charge is 0.318 e. The van der Waals surface area contributed by atoms with Gasteiger partial charge in [-0.1, -0.05) is 48.5 Å². The molecule has 6 rings (SSSR count). The quantitative estimate of drug-likeness (QED) is 0.434. The lowest BCUT2D eigenvalue weighted by atomic mass is 10.0. The average Bonchev–Trinajstić information content (AvgIpc) is 3.44. The fraction of sp³-hybridized carbons (Fsp3) is 0.276. The lowest BCUT2D eigenvalue weighted by molar-refractivity contribution is -0.119. The maximum Gasteiger partial charge on any atom is 0.246 e. The van der Waals surface area contributed by atoms with Gasteiger partial charge in [-0.15, -0.1) is 0 Å². The Bertz CT molecular complexity index is 1440. The predicted molar refractivity (Wildman–Crippen MR) is 138 cm³/mol. The molecule has 6 nitrogen and oxygen atoms in total. The molecular weight excluding hydrogens is 436 g/mol. The van der Waals surface area contributed by atoms with Gasteiger partial charge in [-0.05, 0) is 55.2 Å². The van der Waals surface area contributed by atoms with Crippen LogP contribution in [-0.4, -0.2) is 34.5 Å². The molecule has 4 aromatic rings. The van der Waals surface area contributed by atoms with Gasteiger partial charge in [0.1, 0.15) is 12.4 Å². The fourth-order valence-electron chi connectivity index (χ4n) is 5.56. The summed E-state index contributed by atoms with van der Waals surface area (Å²) in [7, 11) is 0. The third-order valence-electron chi connectivity index (χ3n) is 7.29. The lowest BCUT2D eigenvalue weighted by Gasteiger charge is -2.30. The van der Waals surface area contributed by atoms with E-state index < -0.39 is 0 Å². The first-order valence-corrected chi connectivity index (χ1v) is 12.3. The molecule has 0 saturated carbocycles. The van der Waals surface area contributed by atoms with Gasteiger partial charge >= 0.3 is 0 Å². The van der Waals surface area contributed by atoms with Crippen LogP contribution in [0.4, 0.5) is 11.4 Å². The highest BCUT2D eigenvalue weighted by atomic mass is 16.2. The maximum atomic E-state index is 13.6. The van der Waals surface area contributed by atoms with E-state index in [1.54, 1.807) is 0 Å². The summed E-state index contributed by atoms with van der Waals surface area (Å²) in [6.07, 6.45) is 2.35. The molecule has 6 heteroatoms. The molecule has 0 spiro atoms. The van der Waals surface area contributed by atoms with E-state index in [1.807, 2.05) is 88.0 Å². The van der Waals surface area contributed by atoms with Crippen molar-refractivity contribution in [3.8, 4) is 0 Å². The summed E-state index contributed by atoms with van der Waals surface area (Å²) in [4.78, 5) is 35.4. The van der Waals surface area contributed by atoms with Crippen LogP contribution in [0.3, 0.4) is 0 Å². The zero-order valence-electron chi connectivity index (χ0n) is 19.9. The van der Waals surface area contributed by atoms with E-state index in [9.17, 15) is 9.59 Å². The second-order valence-corrected chi connectivity index (χ2v) is 9.51. The number of hydrogen-bond acceptors (Lipinski definition) is 3. The third kappa shape index (κ3) is 3.79. The fourth-order valence-corrected chi connectivity index (χ4v) is 5.56. The second kappa shape index (κ2) is 8.69. The predicted octanol–water partition coefficient (Wildman–Crippen LogP) is 4.84. The van der Waals surface area contributed by atoms with Crippen LogP contribution < -0.4 is 9.80 Å². The SMILES string of the molecule is Cc1ccccc1N1CC(c2nc3ccccc3n2CC(=O)N2CCCc3ccccc32)CC1=O. The minimum absolute atomic E-state index is 0.0571. The Hall–Kier alpha value is -3.93. The van der Waals surface area contributed by atoms with E-state index in [0.717, 1.165) is 53.2 Å². The first kappa shape index (κ1) is 21.6. The van der Waals surface area contributed by atoms with Crippen LogP contribution in [0.5, 0.6) is 0 Å². The minimum atomic E-state index is -0.0732. The van der Waals surface area contributed by atoms with E-state index in [4.69, 9.17) is 4.98 Å². The third-order valence-corrected chi connectivity index (χ3v) is 7.29. The highest BCUT2D eigenvalue weighted by Crippen LogP contribution is 2.35. The van der Waals surface area contributed by atoms with Gasteiger partial charge in [-0.3, -0.25) is 9.59 Å². The van der Waals surface area contributed by atoms with E-state index in [1.165, 1.54) is 5.56 Å². The number of amides is 2.